The van der Waals surface area contributed by atoms with Crippen molar-refractivity contribution in [2.75, 3.05) is 24.9 Å². The highest BCUT2D eigenvalue weighted by Crippen LogP contribution is 2.30. The molecule has 0 bridgehead atoms. The van der Waals surface area contributed by atoms with Gasteiger partial charge in [-0.15, -0.1) is 0 Å². The second kappa shape index (κ2) is 8.56. The zero-order valence-electron chi connectivity index (χ0n) is 15.4. The van der Waals surface area contributed by atoms with Gasteiger partial charge in [0.15, 0.2) is 11.5 Å². The maximum atomic E-state index is 12.6. The molecule has 0 aliphatic rings. The molecule has 0 atom stereocenters. The molecule has 0 aliphatic carbocycles. The van der Waals surface area contributed by atoms with Gasteiger partial charge in [-0.3, -0.25) is 4.79 Å². The lowest BCUT2D eigenvalue weighted by atomic mass is 10.2. The van der Waals surface area contributed by atoms with Crippen LogP contribution in [0.15, 0.2) is 60.8 Å². The third kappa shape index (κ3) is 4.37. The maximum Gasteiger partial charge on any atom is 0.255 e. The largest absolute Gasteiger partial charge is 0.493 e. The van der Waals surface area contributed by atoms with Crippen LogP contribution in [0.2, 0.25) is 0 Å². The van der Waals surface area contributed by atoms with Gasteiger partial charge in [-0.1, -0.05) is 6.07 Å². The Hall–Kier alpha value is -4.05. The molecule has 7 nitrogen and oxygen atoms in total. The molecule has 0 spiro atoms. The van der Waals surface area contributed by atoms with E-state index < -0.39 is 0 Å². The number of rotatable bonds is 6. The Kier molecular flexibility index (Phi) is 5.72. The maximum absolute atomic E-state index is 12.6. The minimum atomic E-state index is -0.288. The summed E-state index contributed by atoms with van der Waals surface area (Å²) in [4.78, 5) is 16.8. The van der Waals surface area contributed by atoms with E-state index in [1.54, 1.807) is 61.8 Å². The van der Waals surface area contributed by atoms with Crippen LogP contribution in [0.5, 0.6) is 11.5 Å². The summed E-state index contributed by atoms with van der Waals surface area (Å²) in [7, 11) is 3.08. The number of nitriles is 1. The molecule has 0 radical (unpaired) electrons. The minimum absolute atomic E-state index is 0.288. The molecule has 0 aliphatic heterocycles. The van der Waals surface area contributed by atoms with Crippen molar-refractivity contribution in [1.29, 1.82) is 5.26 Å². The molecule has 0 unspecified atom stereocenters. The van der Waals surface area contributed by atoms with Crippen LogP contribution in [0.3, 0.4) is 0 Å². The quantitative estimate of drug-likeness (QED) is 0.678. The van der Waals surface area contributed by atoms with Gasteiger partial charge in [-0.05, 0) is 42.5 Å². The molecule has 2 N–H and O–H groups in total. The van der Waals surface area contributed by atoms with Crippen molar-refractivity contribution in [3.8, 4) is 17.6 Å². The lowest BCUT2D eigenvalue weighted by molar-refractivity contribution is 0.102. The van der Waals surface area contributed by atoms with Crippen LogP contribution in [-0.4, -0.2) is 25.1 Å². The number of nitrogens with zero attached hydrogens (tertiary/aromatic N) is 2. The van der Waals surface area contributed by atoms with Crippen molar-refractivity contribution in [2.24, 2.45) is 0 Å². The van der Waals surface area contributed by atoms with Gasteiger partial charge in [0.05, 0.1) is 25.9 Å². The topological polar surface area (TPSA) is 96.3 Å². The van der Waals surface area contributed by atoms with E-state index in [0.717, 1.165) is 0 Å². The molecule has 140 valence electrons. The lowest BCUT2D eigenvalue weighted by Gasteiger charge is -2.11. The second-order valence-corrected chi connectivity index (χ2v) is 5.77. The van der Waals surface area contributed by atoms with Crippen LogP contribution in [-0.2, 0) is 0 Å². The second-order valence-electron chi connectivity index (χ2n) is 5.77. The predicted molar refractivity (Wildman–Crippen MR) is 106 cm³/mol. The van der Waals surface area contributed by atoms with Crippen molar-refractivity contribution in [1.82, 2.24) is 4.98 Å². The monoisotopic (exact) mass is 374 g/mol. The van der Waals surface area contributed by atoms with Crippen LogP contribution in [0.1, 0.15) is 15.9 Å². The highest BCUT2D eigenvalue weighted by atomic mass is 16.5. The molecule has 1 aromatic heterocycles. The fourth-order valence-electron chi connectivity index (χ4n) is 2.57. The summed E-state index contributed by atoms with van der Waals surface area (Å²) in [6.07, 6.45) is 1.54. The third-order valence-corrected chi connectivity index (χ3v) is 3.93. The highest BCUT2D eigenvalue weighted by Gasteiger charge is 2.10. The van der Waals surface area contributed by atoms with E-state index in [1.807, 2.05) is 6.07 Å². The first kappa shape index (κ1) is 18.7. The zero-order valence-corrected chi connectivity index (χ0v) is 15.4. The number of nitrogens with one attached hydrogen (secondary N) is 2. The van der Waals surface area contributed by atoms with E-state index in [0.29, 0.717) is 39.8 Å². The van der Waals surface area contributed by atoms with E-state index in [1.165, 1.54) is 7.11 Å². The summed E-state index contributed by atoms with van der Waals surface area (Å²) in [6.45, 7) is 0. The van der Waals surface area contributed by atoms with E-state index >= 15 is 0 Å². The number of carbonyl (C=O) groups excluding carboxylic acids is 1. The van der Waals surface area contributed by atoms with Crippen molar-refractivity contribution in [2.45, 2.75) is 0 Å². The van der Waals surface area contributed by atoms with Gasteiger partial charge < -0.3 is 20.1 Å². The SMILES string of the molecule is COc1ccc(NC(=O)c2ccnc(Nc3cccc(C#N)c3)c2)cc1OC. The molecular formula is C21H18N4O3. The predicted octanol–water partition coefficient (Wildman–Crippen LogP) is 3.97. The molecule has 7 heteroatoms. The van der Waals surface area contributed by atoms with Crippen LogP contribution < -0.4 is 20.1 Å². The lowest BCUT2D eigenvalue weighted by Crippen LogP contribution is -2.12. The van der Waals surface area contributed by atoms with Gasteiger partial charge in [0.2, 0.25) is 0 Å². The Morgan fingerprint density at radius 1 is 1.00 bits per heavy atom. The number of amides is 1. The van der Waals surface area contributed by atoms with Crippen molar-refractivity contribution in [3.63, 3.8) is 0 Å². The number of anilines is 3. The Labute approximate surface area is 162 Å². The standard InChI is InChI=1S/C21H18N4O3/c1-27-18-7-6-17(12-19(18)28-2)25-21(26)15-8-9-23-20(11-15)24-16-5-3-4-14(10-16)13-22/h3-12H,1-2H3,(H,23,24)(H,25,26). The Morgan fingerprint density at radius 3 is 2.57 bits per heavy atom. The van der Waals surface area contributed by atoms with Gasteiger partial charge in [0.1, 0.15) is 5.82 Å². The molecule has 0 saturated heterocycles. The zero-order chi connectivity index (χ0) is 19.9. The number of carbonyl (C=O) groups is 1. The summed E-state index contributed by atoms with van der Waals surface area (Å²) in [5.74, 6) is 1.31. The number of benzene rings is 2. The van der Waals surface area contributed by atoms with Crippen LogP contribution in [0.4, 0.5) is 17.2 Å². The average Bonchev–Trinajstić information content (AvgIpc) is 2.74. The molecule has 3 aromatic rings. The van der Waals surface area contributed by atoms with Gasteiger partial charge in [0.25, 0.3) is 5.91 Å². The minimum Gasteiger partial charge on any atom is -0.493 e. The molecule has 1 amide bonds. The van der Waals surface area contributed by atoms with Crippen LogP contribution in [0, 0.1) is 11.3 Å². The fourth-order valence-corrected chi connectivity index (χ4v) is 2.57. The molecule has 0 saturated carbocycles. The number of hydrogen-bond donors (Lipinski definition) is 2. The van der Waals surface area contributed by atoms with Crippen LogP contribution in [0.25, 0.3) is 0 Å². The van der Waals surface area contributed by atoms with E-state index in [2.05, 4.69) is 21.7 Å². The van der Waals surface area contributed by atoms with Gasteiger partial charge in [0, 0.05) is 29.2 Å². The third-order valence-electron chi connectivity index (χ3n) is 3.93. The summed E-state index contributed by atoms with van der Waals surface area (Å²) in [5.41, 5.74) is 2.26. The highest BCUT2D eigenvalue weighted by molar-refractivity contribution is 6.04. The Balaban J connectivity index is 1.76. The number of methoxy groups -OCH3 is 2. The van der Waals surface area contributed by atoms with Crippen molar-refractivity contribution in [3.05, 3.63) is 71.9 Å². The van der Waals surface area contributed by atoms with Crippen molar-refractivity contribution < 1.29 is 14.3 Å². The van der Waals surface area contributed by atoms with E-state index in [9.17, 15) is 4.79 Å². The Morgan fingerprint density at radius 2 is 1.82 bits per heavy atom. The number of ether oxygens (including phenoxy) is 2. The first-order chi connectivity index (χ1) is 13.6. The summed E-state index contributed by atoms with van der Waals surface area (Å²) in [5, 5.41) is 14.9. The number of pyridine rings is 1. The first-order valence-corrected chi connectivity index (χ1v) is 8.39. The molecule has 1 heterocycles. The molecule has 0 fully saturated rings. The first-order valence-electron chi connectivity index (χ1n) is 8.39. The average molecular weight is 374 g/mol. The summed E-state index contributed by atoms with van der Waals surface area (Å²) in [6, 6.07) is 17.5. The number of aromatic nitrogens is 1. The summed E-state index contributed by atoms with van der Waals surface area (Å²) >= 11 is 0. The van der Waals surface area contributed by atoms with Crippen molar-refractivity contribution >= 4 is 23.1 Å². The summed E-state index contributed by atoms with van der Waals surface area (Å²) < 4.78 is 10.4. The van der Waals surface area contributed by atoms with Gasteiger partial charge >= 0.3 is 0 Å². The molecule has 2 aromatic carbocycles. The van der Waals surface area contributed by atoms with E-state index in [-0.39, 0.29) is 5.91 Å². The van der Waals surface area contributed by atoms with Crippen LogP contribution >= 0.6 is 0 Å². The number of hydrogen-bond acceptors (Lipinski definition) is 6. The molecule has 28 heavy (non-hydrogen) atoms. The molecular weight excluding hydrogens is 356 g/mol. The normalized spacial score (nSPS) is 9.89. The molecule has 3 rings (SSSR count). The van der Waals surface area contributed by atoms with Gasteiger partial charge in [-0.2, -0.15) is 5.26 Å². The fraction of sp³-hybridized carbons (Fsp3) is 0.0952. The van der Waals surface area contributed by atoms with Gasteiger partial charge in [-0.25, -0.2) is 4.98 Å². The smallest absolute Gasteiger partial charge is 0.255 e. The Bertz CT molecular complexity index is 1040. The van der Waals surface area contributed by atoms with E-state index in [4.69, 9.17) is 14.7 Å².